The lowest BCUT2D eigenvalue weighted by Crippen LogP contribution is -2.48. The van der Waals surface area contributed by atoms with Gasteiger partial charge in [-0.15, -0.1) is 0 Å². The fourth-order valence-electron chi connectivity index (χ4n) is 3.84. The molecule has 1 saturated heterocycles. The zero-order valence-corrected chi connectivity index (χ0v) is 17.5. The lowest BCUT2D eigenvalue weighted by atomic mass is 10.1. The minimum atomic E-state index is -3.62. The SMILES string of the molecule is CCOc1ccc(S(=O)(=O)N2CCN(c3ccccc3C)CC2)c2cccnc12. The van der Waals surface area contributed by atoms with E-state index in [1.54, 1.807) is 34.8 Å². The number of hydrogen-bond acceptors (Lipinski definition) is 5. The van der Waals surface area contributed by atoms with Crippen LogP contribution in [0.3, 0.4) is 0 Å². The van der Waals surface area contributed by atoms with Crippen molar-refractivity contribution in [1.29, 1.82) is 0 Å². The van der Waals surface area contributed by atoms with E-state index in [1.165, 1.54) is 11.3 Å². The zero-order valence-electron chi connectivity index (χ0n) is 16.7. The molecule has 0 radical (unpaired) electrons. The summed E-state index contributed by atoms with van der Waals surface area (Å²) in [5, 5.41) is 0.597. The van der Waals surface area contributed by atoms with Crippen molar-refractivity contribution in [1.82, 2.24) is 9.29 Å². The molecular formula is C22H25N3O3S. The van der Waals surface area contributed by atoms with Gasteiger partial charge in [0.15, 0.2) is 0 Å². The molecule has 0 saturated carbocycles. The number of ether oxygens (including phenoxy) is 1. The van der Waals surface area contributed by atoms with Crippen LogP contribution in [-0.4, -0.2) is 50.5 Å². The summed E-state index contributed by atoms with van der Waals surface area (Å²) in [4.78, 5) is 6.90. The summed E-state index contributed by atoms with van der Waals surface area (Å²) < 4.78 is 34.0. The molecule has 0 bridgehead atoms. The predicted molar refractivity (Wildman–Crippen MR) is 115 cm³/mol. The minimum Gasteiger partial charge on any atom is -0.492 e. The van der Waals surface area contributed by atoms with Crippen molar-refractivity contribution in [3.8, 4) is 5.75 Å². The van der Waals surface area contributed by atoms with E-state index in [0.29, 0.717) is 49.4 Å². The Hall–Kier alpha value is -2.64. The molecule has 3 aromatic rings. The van der Waals surface area contributed by atoms with E-state index in [1.807, 2.05) is 19.1 Å². The van der Waals surface area contributed by atoms with E-state index < -0.39 is 10.0 Å². The van der Waals surface area contributed by atoms with Crippen molar-refractivity contribution >= 4 is 26.6 Å². The van der Waals surface area contributed by atoms with Crippen LogP contribution < -0.4 is 9.64 Å². The summed E-state index contributed by atoms with van der Waals surface area (Å²) in [6, 6.07) is 15.1. The van der Waals surface area contributed by atoms with E-state index in [4.69, 9.17) is 4.74 Å². The van der Waals surface area contributed by atoms with Gasteiger partial charge in [0.2, 0.25) is 10.0 Å². The van der Waals surface area contributed by atoms with Crippen LogP contribution >= 0.6 is 0 Å². The Kier molecular flexibility index (Phi) is 5.43. The molecule has 1 aliphatic rings. The normalized spacial score (nSPS) is 15.6. The number of pyridine rings is 1. The molecule has 0 amide bonds. The topological polar surface area (TPSA) is 62.7 Å². The van der Waals surface area contributed by atoms with Crippen molar-refractivity contribution in [2.75, 3.05) is 37.7 Å². The van der Waals surface area contributed by atoms with Gasteiger partial charge in [0.05, 0.1) is 11.5 Å². The molecule has 0 aliphatic carbocycles. The molecule has 2 aromatic carbocycles. The number of hydrogen-bond donors (Lipinski definition) is 0. The molecular weight excluding hydrogens is 386 g/mol. The maximum Gasteiger partial charge on any atom is 0.243 e. The van der Waals surface area contributed by atoms with Crippen molar-refractivity contribution < 1.29 is 13.2 Å². The molecule has 1 fully saturated rings. The molecule has 1 aliphatic heterocycles. The number of rotatable bonds is 5. The third-order valence-corrected chi connectivity index (χ3v) is 7.26. The van der Waals surface area contributed by atoms with Gasteiger partial charge >= 0.3 is 0 Å². The third-order valence-electron chi connectivity index (χ3n) is 5.31. The first-order valence-corrected chi connectivity index (χ1v) is 11.3. The Labute approximate surface area is 171 Å². The fraction of sp³-hybridized carbons (Fsp3) is 0.318. The lowest BCUT2D eigenvalue weighted by Gasteiger charge is -2.36. The minimum absolute atomic E-state index is 0.286. The molecule has 0 atom stereocenters. The van der Waals surface area contributed by atoms with E-state index in [9.17, 15) is 8.42 Å². The van der Waals surface area contributed by atoms with Crippen molar-refractivity contribution in [2.45, 2.75) is 18.7 Å². The quantitative estimate of drug-likeness (QED) is 0.643. The summed E-state index contributed by atoms with van der Waals surface area (Å²) in [6.45, 7) is 6.70. The van der Waals surface area contributed by atoms with Crippen molar-refractivity contribution in [3.63, 3.8) is 0 Å². The Bertz CT molecular complexity index is 1120. The maximum absolute atomic E-state index is 13.4. The highest BCUT2D eigenvalue weighted by Gasteiger charge is 2.30. The van der Waals surface area contributed by atoms with Crippen molar-refractivity contribution in [3.05, 3.63) is 60.3 Å². The van der Waals surface area contributed by atoms with Gasteiger partial charge in [-0.25, -0.2) is 8.42 Å². The summed E-state index contributed by atoms with van der Waals surface area (Å²) in [5.74, 6) is 0.603. The Morgan fingerprint density at radius 2 is 1.76 bits per heavy atom. The molecule has 152 valence electrons. The highest BCUT2D eigenvalue weighted by atomic mass is 32.2. The number of anilines is 1. The number of sulfonamides is 1. The van der Waals surface area contributed by atoms with Crippen LogP contribution in [-0.2, 0) is 10.0 Å². The first-order chi connectivity index (χ1) is 14.0. The standard InChI is InChI=1S/C22H25N3O3S/c1-3-28-20-10-11-21(18-8-6-12-23-22(18)20)29(26,27)25-15-13-24(14-16-25)19-9-5-4-7-17(19)2/h4-12H,3,13-16H2,1-2H3. The summed E-state index contributed by atoms with van der Waals surface area (Å²) in [7, 11) is -3.62. The highest BCUT2D eigenvalue weighted by Crippen LogP contribution is 2.32. The molecule has 7 heteroatoms. The van der Waals surface area contributed by atoms with Crippen LogP contribution in [0.2, 0.25) is 0 Å². The molecule has 0 unspecified atom stereocenters. The van der Waals surface area contributed by atoms with E-state index in [0.717, 1.165) is 0 Å². The van der Waals surface area contributed by atoms with Crippen LogP contribution in [0.15, 0.2) is 59.6 Å². The summed E-state index contributed by atoms with van der Waals surface area (Å²) >= 11 is 0. The van der Waals surface area contributed by atoms with Gasteiger partial charge < -0.3 is 9.64 Å². The molecule has 0 N–H and O–H groups in total. The number of para-hydroxylation sites is 1. The molecule has 0 spiro atoms. The van der Waals surface area contributed by atoms with E-state index >= 15 is 0 Å². The third kappa shape index (κ3) is 3.68. The van der Waals surface area contributed by atoms with Crippen LogP contribution in [0.4, 0.5) is 5.69 Å². The monoisotopic (exact) mass is 411 g/mol. The van der Waals surface area contributed by atoms with Gasteiger partial charge in [0.1, 0.15) is 11.3 Å². The summed E-state index contributed by atoms with van der Waals surface area (Å²) in [5.41, 5.74) is 2.95. The second-order valence-corrected chi connectivity index (χ2v) is 8.98. The zero-order chi connectivity index (χ0) is 20.4. The first kappa shape index (κ1) is 19.7. The Balaban J connectivity index is 1.62. The van der Waals surface area contributed by atoms with Crippen LogP contribution in [0.5, 0.6) is 5.75 Å². The largest absolute Gasteiger partial charge is 0.492 e. The van der Waals surface area contributed by atoms with Gasteiger partial charge in [0, 0.05) is 43.4 Å². The summed E-state index contributed by atoms with van der Waals surface area (Å²) in [6.07, 6.45) is 1.65. The fourth-order valence-corrected chi connectivity index (χ4v) is 5.45. The lowest BCUT2D eigenvalue weighted by molar-refractivity contribution is 0.343. The number of benzene rings is 2. The Morgan fingerprint density at radius 3 is 2.48 bits per heavy atom. The van der Waals surface area contributed by atoms with Gasteiger partial charge in [-0.3, -0.25) is 4.98 Å². The molecule has 6 nitrogen and oxygen atoms in total. The average molecular weight is 412 g/mol. The van der Waals surface area contributed by atoms with Gasteiger partial charge in [-0.2, -0.15) is 4.31 Å². The highest BCUT2D eigenvalue weighted by molar-refractivity contribution is 7.89. The molecule has 2 heterocycles. The van der Waals surface area contributed by atoms with E-state index in [-0.39, 0.29) is 4.90 Å². The van der Waals surface area contributed by atoms with Crippen LogP contribution in [0.1, 0.15) is 12.5 Å². The number of nitrogens with zero attached hydrogens (tertiary/aromatic N) is 3. The number of aryl methyl sites for hydroxylation is 1. The molecule has 4 rings (SSSR count). The van der Waals surface area contributed by atoms with Crippen LogP contribution in [0.25, 0.3) is 10.9 Å². The average Bonchev–Trinajstić information content (AvgIpc) is 2.74. The van der Waals surface area contributed by atoms with E-state index in [2.05, 4.69) is 28.9 Å². The predicted octanol–water partition coefficient (Wildman–Crippen LogP) is 3.45. The number of piperazine rings is 1. The molecule has 1 aromatic heterocycles. The smallest absolute Gasteiger partial charge is 0.243 e. The molecule has 29 heavy (non-hydrogen) atoms. The second-order valence-electron chi connectivity index (χ2n) is 7.07. The van der Waals surface area contributed by atoms with Crippen molar-refractivity contribution in [2.24, 2.45) is 0 Å². The van der Waals surface area contributed by atoms with Gasteiger partial charge in [-0.1, -0.05) is 18.2 Å². The maximum atomic E-state index is 13.4. The number of aromatic nitrogens is 1. The first-order valence-electron chi connectivity index (χ1n) is 9.83. The van der Waals surface area contributed by atoms with Gasteiger partial charge in [-0.05, 0) is 49.7 Å². The van der Waals surface area contributed by atoms with Gasteiger partial charge in [0.25, 0.3) is 0 Å². The number of fused-ring (bicyclic) bond motifs is 1. The Morgan fingerprint density at radius 1 is 1.00 bits per heavy atom. The van der Waals surface area contributed by atoms with Crippen LogP contribution in [0, 0.1) is 6.92 Å². The second kappa shape index (κ2) is 8.00.